The van der Waals surface area contributed by atoms with E-state index in [0.717, 1.165) is 31.5 Å². The number of piperidine rings is 1. The normalized spacial score (nSPS) is 17.1. The SMILES string of the molecule is NC1CCN(CC(=O)NCc2ccc(F)c(Cl)c2)CC1. The van der Waals surface area contributed by atoms with Crippen LogP contribution in [-0.2, 0) is 11.3 Å². The Morgan fingerprint density at radius 3 is 2.80 bits per heavy atom. The number of benzene rings is 1. The first-order valence-corrected chi connectivity index (χ1v) is 7.11. The van der Waals surface area contributed by atoms with Crippen molar-refractivity contribution in [1.82, 2.24) is 10.2 Å². The van der Waals surface area contributed by atoms with Gasteiger partial charge in [0.05, 0.1) is 11.6 Å². The fourth-order valence-corrected chi connectivity index (χ4v) is 2.42. The molecule has 1 fully saturated rings. The number of nitrogens with two attached hydrogens (primary N) is 1. The minimum absolute atomic E-state index is 0.0408. The Balaban J connectivity index is 1.76. The van der Waals surface area contributed by atoms with Gasteiger partial charge in [-0.3, -0.25) is 9.69 Å². The standard InChI is InChI=1S/C14H19ClFN3O/c15-12-7-10(1-2-13(12)16)8-18-14(20)9-19-5-3-11(17)4-6-19/h1-2,7,11H,3-6,8-9,17H2,(H,18,20). The van der Waals surface area contributed by atoms with Crippen LogP contribution in [0.25, 0.3) is 0 Å². The van der Waals surface area contributed by atoms with Gasteiger partial charge >= 0.3 is 0 Å². The molecule has 1 aromatic rings. The number of carbonyl (C=O) groups excluding carboxylic acids is 1. The maximum absolute atomic E-state index is 13.0. The highest BCUT2D eigenvalue weighted by atomic mass is 35.5. The van der Waals surface area contributed by atoms with Gasteiger partial charge in [-0.1, -0.05) is 17.7 Å². The Bertz CT molecular complexity index is 475. The highest BCUT2D eigenvalue weighted by Crippen LogP contribution is 2.15. The van der Waals surface area contributed by atoms with E-state index in [1.807, 2.05) is 0 Å². The van der Waals surface area contributed by atoms with Crippen LogP contribution >= 0.6 is 11.6 Å². The number of halogens is 2. The van der Waals surface area contributed by atoms with Crippen molar-refractivity contribution in [2.45, 2.75) is 25.4 Å². The van der Waals surface area contributed by atoms with Gasteiger partial charge in [-0.2, -0.15) is 0 Å². The van der Waals surface area contributed by atoms with Crippen LogP contribution in [0.15, 0.2) is 18.2 Å². The zero-order valence-electron chi connectivity index (χ0n) is 11.2. The molecule has 0 aliphatic carbocycles. The molecule has 1 aliphatic rings. The van der Waals surface area contributed by atoms with E-state index in [1.165, 1.54) is 12.1 Å². The Morgan fingerprint density at radius 1 is 1.45 bits per heavy atom. The monoisotopic (exact) mass is 299 g/mol. The van der Waals surface area contributed by atoms with E-state index in [1.54, 1.807) is 6.07 Å². The molecule has 1 aromatic carbocycles. The third kappa shape index (κ3) is 4.44. The summed E-state index contributed by atoms with van der Waals surface area (Å²) < 4.78 is 13.0. The molecule has 1 heterocycles. The van der Waals surface area contributed by atoms with Gasteiger partial charge < -0.3 is 11.1 Å². The lowest BCUT2D eigenvalue weighted by atomic mass is 10.1. The van der Waals surface area contributed by atoms with Crippen molar-refractivity contribution in [2.75, 3.05) is 19.6 Å². The van der Waals surface area contributed by atoms with Gasteiger partial charge in [0.1, 0.15) is 5.82 Å². The van der Waals surface area contributed by atoms with E-state index >= 15 is 0 Å². The van der Waals surface area contributed by atoms with Crippen molar-refractivity contribution in [3.05, 3.63) is 34.6 Å². The molecule has 0 radical (unpaired) electrons. The largest absolute Gasteiger partial charge is 0.351 e. The Hall–Kier alpha value is -1.17. The number of likely N-dealkylation sites (tertiary alicyclic amines) is 1. The molecule has 3 N–H and O–H groups in total. The van der Waals surface area contributed by atoms with Crippen LogP contribution in [0.3, 0.4) is 0 Å². The fourth-order valence-electron chi connectivity index (χ4n) is 2.22. The summed E-state index contributed by atoms with van der Waals surface area (Å²) in [6.45, 7) is 2.45. The molecule has 0 aromatic heterocycles. The highest BCUT2D eigenvalue weighted by molar-refractivity contribution is 6.30. The summed E-state index contributed by atoms with van der Waals surface area (Å²) in [5.74, 6) is -0.493. The van der Waals surface area contributed by atoms with Crippen LogP contribution in [0.4, 0.5) is 4.39 Å². The number of amides is 1. The highest BCUT2D eigenvalue weighted by Gasteiger charge is 2.17. The number of nitrogens with zero attached hydrogens (tertiary/aromatic N) is 1. The second kappa shape index (κ2) is 7.02. The number of carbonyl (C=O) groups is 1. The average molecular weight is 300 g/mol. The summed E-state index contributed by atoms with van der Waals surface area (Å²) in [5, 5.41) is 2.88. The van der Waals surface area contributed by atoms with Crippen LogP contribution in [0.1, 0.15) is 18.4 Å². The first-order valence-electron chi connectivity index (χ1n) is 6.73. The first kappa shape index (κ1) is 15.2. The molecule has 1 amide bonds. The van der Waals surface area contributed by atoms with Gasteiger partial charge in [-0.25, -0.2) is 4.39 Å². The molecular formula is C14H19ClFN3O. The van der Waals surface area contributed by atoms with Gasteiger partial charge in [-0.15, -0.1) is 0 Å². The molecule has 0 atom stereocenters. The lowest BCUT2D eigenvalue weighted by molar-refractivity contribution is -0.122. The van der Waals surface area contributed by atoms with Crippen molar-refractivity contribution in [1.29, 1.82) is 0 Å². The molecule has 1 aliphatic heterocycles. The molecule has 0 spiro atoms. The smallest absolute Gasteiger partial charge is 0.234 e. The summed E-state index contributed by atoms with van der Waals surface area (Å²) in [6, 6.07) is 4.70. The van der Waals surface area contributed by atoms with Crippen LogP contribution < -0.4 is 11.1 Å². The minimum atomic E-state index is -0.452. The van der Waals surface area contributed by atoms with Gasteiger partial charge in [0.15, 0.2) is 0 Å². The summed E-state index contributed by atoms with van der Waals surface area (Å²) in [5.41, 5.74) is 6.60. The summed E-state index contributed by atoms with van der Waals surface area (Å²) in [6.07, 6.45) is 1.86. The number of hydrogen-bond donors (Lipinski definition) is 2. The second-order valence-electron chi connectivity index (χ2n) is 5.14. The van der Waals surface area contributed by atoms with Gasteiger partial charge in [0.25, 0.3) is 0 Å². The van der Waals surface area contributed by atoms with E-state index in [2.05, 4.69) is 10.2 Å². The Labute approximate surface area is 123 Å². The quantitative estimate of drug-likeness (QED) is 0.886. The minimum Gasteiger partial charge on any atom is -0.351 e. The summed E-state index contributed by atoms with van der Waals surface area (Å²) in [7, 11) is 0. The molecule has 0 bridgehead atoms. The number of hydrogen-bond acceptors (Lipinski definition) is 3. The summed E-state index contributed by atoms with van der Waals surface area (Å²) in [4.78, 5) is 13.9. The lowest BCUT2D eigenvalue weighted by Gasteiger charge is -2.29. The number of nitrogens with one attached hydrogen (secondary N) is 1. The predicted octanol–water partition coefficient (Wildman–Crippen LogP) is 1.52. The van der Waals surface area contributed by atoms with E-state index in [4.69, 9.17) is 17.3 Å². The zero-order chi connectivity index (χ0) is 14.5. The maximum Gasteiger partial charge on any atom is 0.234 e. The average Bonchev–Trinajstić information content (AvgIpc) is 2.43. The topological polar surface area (TPSA) is 58.4 Å². The van der Waals surface area contributed by atoms with Gasteiger partial charge in [0, 0.05) is 25.7 Å². The maximum atomic E-state index is 13.0. The van der Waals surface area contributed by atoms with Crippen molar-refractivity contribution in [2.24, 2.45) is 5.73 Å². The molecule has 6 heteroatoms. The van der Waals surface area contributed by atoms with Gasteiger partial charge in [0.2, 0.25) is 5.91 Å². The molecule has 0 saturated carbocycles. The Morgan fingerprint density at radius 2 is 2.15 bits per heavy atom. The van der Waals surface area contributed by atoms with Crippen molar-refractivity contribution >= 4 is 17.5 Å². The molecule has 110 valence electrons. The summed E-state index contributed by atoms with van der Waals surface area (Å²) >= 11 is 5.69. The first-order chi connectivity index (χ1) is 9.54. The van der Waals surface area contributed by atoms with Crippen LogP contribution in [0, 0.1) is 5.82 Å². The van der Waals surface area contributed by atoms with Crippen molar-refractivity contribution in [3.63, 3.8) is 0 Å². The third-order valence-electron chi connectivity index (χ3n) is 3.47. The second-order valence-corrected chi connectivity index (χ2v) is 5.55. The van der Waals surface area contributed by atoms with E-state index in [9.17, 15) is 9.18 Å². The molecule has 0 unspecified atom stereocenters. The van der Waals surface area contributed by atoms with Crippen LogP contribution in [0.2, 0.25) is 5.02 Å². The fraction of sp³-hybridized carbons (Fsp3) is 0.500. The van der Waals surface area contributed by atoms with Crippen LogP contribution in [-0.4, -0.2) is 36.5 Å². The third-order valence-corrected chi connectivity index (χ3v) is 3.76. The van der Waals surface area contributed by atoms with Crippen molar-refractivity contribution in [3.8, 4) is 0 Å². The van der Waals surface area contributed by atoms with E-state index in [-0.39, 0.29) is 17.0 Å². The molecule has 4 nitrogen and oxygen atoms in total. The van der Waals surface area contributed by atoms with Crippen LogP contribution in [0.5, 0.6) is 0 Å². The Kier molecular flexibility index (Phi) is 5.34. The zero-order valence-corrected chi connectivity index (χ0v) is 12.0. The molecular weight excluding hydrogens is 281 g/mol. The predicted molar refractivity (Wildman–Crippen MR) is 76.9 cm³/mol. The van der Waals surface area contributed by atoms with E-state index in [0.29, 0.717) is 13.1 Å². The van der Waals surface area contributed by atoms with Crippen molar-refractivity contribution < 1.29 is 9.18 Å². The molecule has 1 saturated heterocycles. The molecule has 2 rings (SSSR count). The molecule has 20 heavy (non-hydrogen) atoms. The lowest BCUT2D eigenvalue weighted by Crippen LogP contribution is -2.44. The van der Waals surface area contributed by atoms with Gasteiger partial charge in [-0.05, 0) is 30.5 Å². The number of rotatable bonds is 4. The van der Waals surface area contributed by atoms with E-state index < -0.39 is 5.82 Å².